The SMILES string of the molecule is CC(C)n1c2ccc(OCC(=O)N(C)C)cc2c2c3c(c4c(c21)CCc1nn(C)cc1-4)C(=O)NC3. The van der Waals surface area contributed by atoms with Crippen LogP contribution in [0.2, 0.25) is 0 Å². The number of carbonyl (C=O) groups excluding carboxylic acids is 2. The Morgan fingerprint density at radius 2 is 2.00 bits per heavy atom. The van der Waals surface area contributed by atoms with Gasteiger partial charge in [-0.25, -0.2) is 0 Å². The van der Waals surface area contributed by atoms with Crippen molar-refractivity contribution >= 4 is 33.6 Å². The highest BCUT2D eigenvalue weighted by atomic mass is 16.5. The van der Waals surface area contributed by atoms with E-state index in [0.29, 0.717) is 12.3 Å². The van der Waals surface area contributed by atoms with Crippen LogP contribution in [0, 0.1) is 0 Å². The first-order chi connectivity index (χ1) is 16.8. The highest BCUT2D eigenvalue weighted by Crippen LogP contribution is 2.47. The standard InChI is InChI=1S/C27H29N5O3/c1-14(2)32-21-9-6-15(35-13-22(33)30(3)4)10-17(21)24-18-11-28-27(34)25(18)23-16(26(24)32)7-8-20-19(23)12-31(5)29-20/h6,9-10,12,14H,7-8,11,13H2,1-5H3,(H,28,34). The maximum absolute atomic E-state index is 13.2. The van der Waals surface area contributed by atoms with Crippen LogP contribution in [0.1, 0.15) is 47.1 Å². The highest BCUT2D eigenvalue weighted by Gasteiger charge is 2.35. The van der Waals surface area contributed by atoms with Crippen LogP contribution in [0.5, 0.6) is 5.75 Å². The molecule has 1 aliphatic carbocycles. The average Bonchev–Trinajstić information content (AvgIpc) is 3.49. The Morgan fingerprint density at radius 3 is 2.74 bits per heavy atom. The van der Waals surface area contributed by atoms with Crippen molar-refractivity contribution in [1.29, 1.82) is 0 Å². The molecule has 8 heteroatoms. The number of ether oxygens (including phenoxy) is 1. The molecule has 1 N–H and O–H groups in total. The first-order valence-corrected chi connectivity index (χ1v) is 12.1. The van der Waals surface area contributed by atoms with E-state index in [9.17, 15) is 9.59 Å². The number of benzene rings is 2. The second-order valence-electron chi connectivity index (χ2n) is 10.00. The van der Waals surface area contributed by atoms with Crippen molar-refractivity contribution in [2.75, 3.05) is 20.7 Å². The van der Waals surface area contributed by atoms with E-state index >= 15 is 0 Å². The minimum absolute atomic E-state index is 0.0152. The topological polar surface area (TPSA) is 81.4 Å². The van der Waals surface area contributed by atoms with Gasteiger partial charge in [-0.05, 0) is 56.0 Å². The largest absolute Gasteiger partial charge is 0.484 e. The summed E-state index contributed by atoms with van der Waals surface area (Å²) in [6.45, 7) is 4.87. The van der Waals surface area contributed by atoms with Gasteiger partial charge in [0.1, 0.15) is 5.75 Å². The van der Waals surface area contributed by atoms with Gasteiger partial charge in [-0.2, -0.15) is 5.10 Å². The van der Waals surface area contributed by atoms with Gasteiger partial charge in [0, 0.05) is 67.3 Å². The molecule has 4 aromatic rings. The second kappa shape index (κ2) is 7.60. The molecule has 2 aliphatic rings. The molecule has 2 amide bonds. The van der Waals surface area contributed by atoms with Crippen LogP contribution in [0.15, 0.2) is 24.4 Å². The van der Waals surface area contributed by atoms with Gasteiger partial charge in [0.15, 0.2) is 6.61 Å². The van der Waals surface area contributed by atoms with Gasteiger partial charge in [0.05, 0.1) is 16.8 Å². The number of fused-ring (bicyclic) bond motifs is 10. The number of hydrogen-bond donors (Lipinski definition) is 1. The molecule has 0 spiro atoms. The molecule has 0 atom stereocenters. The van der Waals surface area contributed by atoms with Gasteiger partial charge in [-0.15, -0.1) is 0 Å². The van der Waals surface area contributed by atoms with Gasteiger partial charge in [0.2, 0.25) is 0 Å². The van der Waals surface area contributed by atoms with E-state index in [4.69, 9.17) is 4.74 Å². The predicted molar refractivity (Wildman–Crippen MR) is 135 cm³/mol. The van der Waals surface area contributed by atoms with Crippen LogP contribution in [0.3, 0.4) is 0 Å². The molecule has 2 aromatic carbocycles. The van der Waals surface area contributed by atoms with Crippen molar-refractivity contribution in [1.82, 2.24) is 24.6 Å². The Kier molecular flexibility index (Phi) is 4.71. The summed E-state index contributed by atoms with van der Waals surface area (Å²) < 4.78 is 10.1. The third kappa shape index (κ3) is 3.08. The number of nitrogens with one attached hydrogen (secondary N) is 1. The van der Waals surface area contributed by atoms with Crippen molar-refractivity contribution in [2.45, 2.75) is 39.3 Å². The van der Waals surface area contributed by atoms with Crippen molar-refractivity contribution in [3.63, 3.8) is 0 Å². The molecule has 0 saturated carbocycles. The minimum Gasteiger partial charge on any atom is -0.484 e. The summed E-state index contributed by atoms with van der Waals surface area (Å²) in [7, 11) is 5.37. The molecule has 180 valence electrons. The Morgan fingerprint density at radius 1 is 1.20 bits per heavy atom. The van der Waals surface area contributed by atoms with E-state index in [1.165, 1.54) is 16.0 Å². The van der Waals surface area contributed by atoms with E-state index < -0.39 is 0 Å². The van der Waals surface area contributed by atoms with Gasteiger partial charge >= 0.3 is 0 Å². The maximum Gasteiger partial charge on any atom is 0.259 e. The molecular weight excluding hydrogens is 442 g/mol. The zero-order valence-corrected chi connectivity index (χ0v) is 20.7. The Bertz CT molecular complexity index is 1560. The maximum atomic E-state index is 13.2. The molecule has 6 rings (SSSR count). The number of aryl methyl sites for hydroxylation is 3. The van der Waals surface area contributed by atoms with Gasteiger partial charge < -0.3 is 19.5 Å². The van der Waals surface area contributed by atoms with E-state index in [-0.39, 0.29) is 24.5 Å². The molecular formula is C27H29N5O3. The van der Waals surface area contributed by atoms with Crippen molar-refractivity contribution in [2.24, 2.45) is 7.05 Å². The lowest BCUT2D eigenvalue weighted by Crippen LogP contribution is -2.27. The number of aromatic nitrogens is 3. The summed E-state index contributed by atoms with van der Waals surface area (Å²) in [5, 5.41) is 9.91. The van der Waals surface area contributed by atoms with Crippen LogP contribution in [-0.2, 0) is 31.2 Å². The van der Waals surface area contributed by atoms with E-state index in [1.54, 1.807) is 14.1 Å². The van der Waals surface area contributed by atoms with Crippen molar-refractivity contribution in [3.05, 3.63) is 46.8 Å². The monoisotopic (exact) mass is 471 g/mol. The molecule has 1 aliphatic heterocycles. The van der Waals surface area contributed by atoms with Gasteiger partial charge in [-0.1, -0.05) is 0 Å². The number of amides is 2. The fraction of sp³-hybridized carbons (Fsp3) is 0.370. The lowest BCUT2D eigenvalue weighted by molar-refractivity contribution is -0.130. The molecule has 3 heterocycles. The molecule has 8 nitrogen and oxygen atoms in total. The second-order valence-corrected chi connectivity index (χ2v) is 10.00. The average molecular weight is 472 g/mol. The number of hydrogen-bond acceptors (Lipinski definition) is 4. The lowest BCUT2D eigenvalue weighted by atomic mass is 9.82. The van der Waals surface area contributed by atoms with Crippen LogP contribution in [0.4, 0.5) is 0 Å². The zero-order chi connectivity index (χ0) is 24.6. The molecule has 0 bridgehead atoms. The lowest BCUT2D eigenvalue weighted by Gasteiger charge is -2.22. The summed E-state index contributed by atoms with van der Waals surface area (Å²) in [6.07, 6.45) is 3.72. The summed E-state index contributed by atoms with van der Waals surface area (Å²) in [4.78, 5) is 26.8. The fourth-order valence-corrected chi connectivity index (χ4v) is 5.74. The third-order valence-corrected chi connectivity index (χ3v) is 7.23. The molecule has 0 radical (unpaired) electrons. The number of likely N-dealkylation sites (N-methyl/N-ethyl adjacent to an activating group) is 1. The summed E-state index contributed by atoms with van der Waals surface area (Å²) in [5.41, 5.74) is 8.47. The first kappa shape index (κ1) is 21.7. The van der Waals surface area contributed by atoms with Crippen LogP contribution in [0.25, 0.3) is 32.9 Å². The number of carbonyl (C=O) groups is 2. The van der Waals surface area contributed by atoms with E-state index in [1.807, 2.05) is 30.1 Å². The Hall–Kier alpha value is -3.81. The highest BCUT2D eigenvalue weighted by molar-refractivity contribution is 6.19. The third-order valence-electron chi connectivity index (χ3n) is 7.23. The quantitative estimate of drug-likeness (QED) is 0.493. The predicted octanol–water partition coefficient (Wildman–Crippen LogP) is 3.58. The van der Waals surface area contributed by atoms with E-state index in [0.717, 1.165) is 57.1 Å². The zero-order valence-electron chi connectivity index (χ0n) is 20.7. The summed E-state index contributed by atoms with van der Waals surface area (Å²) in [5.74, 6) is 0.532. The molecule has 2 aromatic heterocycles. The molecule has 0 fully saturated rings. The van der Waals surface area contributed by atoms with Crippen molar-refractivity contribution in [3.8, 4) is 16.9 Å². The molecule has 35 heavy (non-hydrogen) atoms. The van der Waals surface area contributed by atoms with Gasteiger partial charge in [0.25, 0.3) is 11.8 Å². The smallest absolute Gasteiger partial charge is 0.259 e. The Labute approximate surface area is 203 Å². The van der Waals surface area contributed by atoms with Crippen LogP contribution < -0.4 is 10.1 Å². The molecule has 0 unspecified atom stereocenters. The summed E-state index contributed by atoms with van der Waals surface area (Å²) >= 11 is 0. The van der Waals surface area contributed by atoms with E-state index in [2.05, 4.69) is 34.9 Å². The van der Waals surface area contributed by atoms with Crippen LogP contribution >= 0.6 is 0 Å². The minimum atomic E-state index is -0.0910. The van der Waals surface area contributed by atoms with Crippen molar-refractivity contribution < 1.29 is 14.3 Å². The normalized spacial score (nSPS) is 14.3. The van der Waals surface area contributed by atoms with Crippen LogP contribution in [-0.4, -0.2) is 51.8 Å². The van der Waals surface area contributed by atoms with Gasteiger partial charge in [-0.3, -0.25) is 14.3 Å². The summed E-state index contributed by atoms with van der Waals surface area (Å²) in [6, 6.07) is 6.25. The molecule has 0 saturated heterocycles. The number of nitrogens with zero attached hydrogens (tertiary/aromatic N) is 4. The number of rotatable bonds is 4. The first-order valence-electron chi connectivity index (χ1n) is 12.1. The fourth-order valence-electron chi connectivity index (χ4n) is 5.74. The Balaban J connectivity index is 1.67.